The van der Waals surface area contributed by atoms with Crippen molar-refractivity contribution < 1.29 is 9.59 Å². The molecule has 1 fully saturated rings. The van der Waals surface area contributed by atoms with E-state index in [0.717, 1.165) is 42.6 Å². The fraction of sp³-hybridized carbons (Fsp3) is 0.440. The summed E-state index contributed by atoms with van der Waals surface area (Å²) in [4.78, 5) is 26.5. The lowest BCUT2D eigenvalue weighted by Crippen LogP contribution is -2.38. The van der Waals surface area contributed by atoms with Crippen molar-refractivity contribution in [3.05, 3.63) is 65.2 Å². The molecule has 0 aliphatic carbocycles. The van der Waals surface area contributed by atoms with E-state index in [-0.39, 0.29) is 12.5 Å². The molecule has 3 rings (SSSR count). The number of nitrogens with one attached hydrogen (secondary N) is 3. The molecule has 3 amide bonds. The van der Waals surface area contributed by atoms with E-state index in [2.05, 4.69) is 59.0 Å². The maximum absolute atomic E-state index is 12.1. The number of rotatable bonds is 7. The van der Waals surface area contributed by atoms with Crippen molar-refractivity contribution in [1.29, 1.82) is 0 Å². The first-order valence-corrected chi connectivity index (χ1v) is 11.1. The number of nitrogens with zero attached hydrogens (tertiary/aromatic N) is 1. The highest BCUT2D eigenvalue weighted by atomic mass is 16.2. The number of anilines is 1. The molecule has 31 heavy (non-hydrogen) atoms. The number of likely N-dealkylation sites (tertiary alicyclic amines) is 1. The fourth-order valence-corrected chi connectivity index (χ4v) is 4.26. The lowest BCUT2D eigenvalue weighted by Gasteiger charge is -2.35. The molecule has 2 aromatic rings. The smallest absolute Gasteiger partial charge is 0.319 e. The molecule has 1 heterocycles. The van der Waals surface area contributed by atoms with E-state index in [1.165, 1.54) is 12.0 Å². The minimum Gasteiger partial charge on any atom is -0.350 e. The first-order valence-electron chi connectivity index (χ1n) is 11.1. The zero-order valence-electron chi connectivity index (χ0n) is 18.8. The summed E-state index contributed by atoms with van der Waals surface area (Å²) >= 11 is 0. The van der Waals surface area contributed by atoms with Crippen LogP contribution in [0.3, 0.4) is 0 Å². The summed E-state index contributed by atoms with van der Waals surface area (Å²) < 4.78 is 0. The summed E-state index contributed by atoms with van der Waals surface area (Å²) in [6.45, 7) is 10.3. The molecule has 2 unspecified atom stereocenters. The van der Waals surface area contributed by atoms with Crippen molar-refractivity contribution in [2.75, 3.05) is 25.0 Å². The Labute approximate surface area is 185 Å². The van der Waals surface area contributed by atoms with Gasteiger partial charge in [-0.15, -0.1) is 0 Å². The van der Waals surface area contributed by atoms with E-state index in [0.29, 0.717) is 12.2 Å². The minimum atomic E-state index is -0.397. The van der Waals surface area contributed by atoms with Crippen molar-refractivity contribution in [1.82, 2.24) is 15.5 Å². The van der Waals surface area contributed by atoms with Gasteiger partial charge in [-0.1, -0.05) is 50.2 Å². The molecule has 0 spiro atoms. The first kappa shape index (κ1) is 22.8. The van der Waals surface area contributed by atoms with Gasteiger partial charge < -0.3 is 16.0 Å². The first-order chi connectivity index (χ1) is 14.9. The molecule has 1 aliphatic heterocycles. The van der Waals surface area contributed by atoms with Crippen molar-refractivity contribution in [3.8, 4) is 0 Å². The van der Waals surface area contributed by atoms with Gasteiger partial charge in [0.25, 0.3) is 0 Å². The molecule has 6 heteroatoms. The number of piperidine rings is 1. The molecule has 3 N–H and O–H groups in total. The maximum atomic E-state index is 12.1. The van der Waals surface area contributed by atoms with E-state index >= 15 is 0 Å². The van der Waals surface area contributed by atoms with E-state index in [4.69, 9.17) is 0 Å². The Morgan fingerprint density at radius 2 is 1.65 bits per heavy atom. The third kappa shape index (κ3) is 7.72. The van der Waals surface area contributed by atoms with Crippen LogP contribution in [0.5, 0.6) is 0 Å². The van der Waals surface area contributed by atoms with E-state index in [9.17, 15) is 9.59 Å². The molecule has 6 nitrogen and oxygen atoms in total. The Morgan fingerprint density at radius 3 is 2.32 bits per heavy atom. The zero-order chi connectivity index (χ0) is 22.2. The van der Waals surface area contributed by atoms with Crippen LogP contribution in [0.15, 0.2) is 48.5 Å². The monoisotopic (exact) mass is 422 g/mol. The standard InChI is InChI=1S/C25H34N4O2/c1-18-5-4-6-23(12-18)28-25(31)27-14-24(30)26-13-21-7-9-22(10-8-21)17-29-15-19(2)11-20(3)16-29/h4-10,12,19-20H,11,13-17H2,1-3H3,(H,26,30)(H2,27,28,31). The van der Waals surface area contributed by atoms with Gasteiger partial charge in [0, 0.05) is 31.9 Å². The molecule has 0 aromatic heterocycles. The van der Waals surface area contributed by atoms with Crippen molar-refractivity contribution in [3.63, 3.8) is 0 Å². The van der Waals surface area contributed by atoms with Gasteiger partial charge in [0.05, 0.1) is 6.54 Å². The molecular weight excluding hydrogens is 388 g/mol. The van der Waals surface area contributed by atoms with Crippen molar-refractivity contribution in [2.24, 2.45) is 11.8 Å². The lowest BCUT2D eigenvalue weighted by atomic mass is 9.91. The number of urea groups is 1. The van der Waals surface area contributed by atoms with Crippen LogP contribution in [0.2, 0.25) is 0 Å². The van der Waals surface area contributed by atoms with Gasteiger partial charge >= 0.3 is 6.03 Å². The van der Waals surface area contributed by atoms with Gasteiger partial charge in [-0.2, -0.15) is 0 Å². The van der Waals surface area contributed by atoms with Crippen LogP contribution in [0.1, 0.15) is 37.0 Å². The zero-order valence-corrected chi connectivity index (χ0v) is 18.8. The van der Waals surface area contributed by atoms with E-state index in [1.54, 1.807) is 0 Å². The van der Waals surface area contributed by atoms with Crippen LogP contribution >= 0.6 is 0 Å². The Balaban J connectivity index is 1.37. The topological polar surface area (TPSA) is 73.5 Å². The van der Waals surface area contributed by atoms with E-state index in [1.807, 2.05) is 31.2 Å². The molecule has 166 valence electrons. The molecule has 0 bridgehead atoms. The van der Waals surface area contributed by atoms with Gasteiger partial charge in [-0.05, 0) is 54.0 Å². The summed E-state index contributed by atoms with van der Waals surface area (Å²) in [6.07, 6.45) is 1.32. The summed E-state index contributed by atoms with van der Waals surface area (Å²) in [6, 6.07) is 15.5. The Bertz CT molecular complexity index is 871. The number of benzene rings is 2. The van der Waals surface area contributed by atoms with Gasteiger partial charge in [-0.25, -0.2) is 4.79 Å². The van der Waals surface area contributed by atoms with Crippen molar-refractivity contribution in [2.45, 2.75) is 40.3 Å². The molecule has 1 saturated heterocycles. The van der Waals surface area contributed by atoms with E-state index < -0.39 is 6.03 Å². The highest BCUT2D eigenvalue weighted by Crippen LogP contribution is 2.22. The number of carbonyl (C=O) groups excluding carboxylic acids is 2. The second kappa shape index (κ2) is 11.0. The van der Waals surface area contributed by atoms with Gasteiger partial charge in [0.1, 0.15) is 0 Å². The average molecular weight is 423 g/mol. The normalized spacial score (nSPS) is 18.9. The fourth-order valence-electron chi connectivity index (χ4n) is 4.26. The number of carbonyl (C=O) groups is 2. The Kier molecular flexibility index (Phi) is 8.06. The van der Waals surface area contributed by atoms with Crippen LogP contribution in [0, 0.1) is 18.8 Å². The van der Waals surface area contributed by atoms with Crippen molar-refractivity contribution >= 4 is 17.6 Å². The number of aryl methyl sites for hydroxylation is 1. The predicted octanol–water partition coefficient (Wildman–Crippen LogP) is 3.91. The van der Waals surface area contributed by atoms with Gasteiger partial charge in [0.15, 0.2) is 0 Å². The summed E-state index contributed by atoms with van der Waals surface area (Å²) in [7, 11) is 0. The van der Waals surface area contributed by atoms with Crippen LogP contribution in [-0.4, -0.2) is 36.5 Å². The maximum Gasteiger partial charge on any atom is 0.319 e. The largest absolute Gasteiger partial charge is 0.350 e. The average Bonchev–Trinajstić information content (AvgIpc) is 2.71. The minimum absolute atomic E-state index is 0.0684. The van der Waals surface area contributed by atoms with Gasteiger partial charge in [-0.3, -0.25) is 9.69 Å². The number of hydrogen-bond acceptors (Lipinski definition) is 3. The van der Waals surface area contributed by atoms with Crippen LogP contribution in [0.25, 0.3) is 0 Å². The second-order valence-electron chi connectivity index (χ2n) is 8.91. The second-order valence-corrected chi connectivity index (χ2v) is 8.91. The summed E-state index contributed by atoms with van der Waals surface area (Å²) in [5.41, 5.74) is 4.10. The third-order valence-electron chi connectivity index (χ3n) is 5.55. The number of amides is 3. The predicted molar refractivity (Wildman–Crippen MR) is 125 cm³/mol. The molecule has 1 aliphatic rings. The molecule has 2 aromatic carbocycles. The molecule has 2 atom stereocenters. The lowest BCUT2D eigenvalue weighted by molar-refractivity contribution is -0.120. The van der Waals surface area contributed by atoms with Gasteiger partial charge in [0.2, 0.25) is 5.91 Å². The highest BCUT2D eigenvalue weighted by molar-refractivity contribution is 5.92. The number of hydrogen-bond donors (Lipinski definition) is 3. The quantitative estimate of drug-likeness (QED) is 0.633. The van der Waals surface area contributed by atoms with Crippen LogP contribution in [0.4, 0.5) is 10.5 Å². The molecule has 0 radical (unpaired) electrons. The Hall–Kier alpha value is -2.86. The van der Waals surface area contributed by atoms with Crippen LogP contribution < -0.4 is 16.0 Å². The summed E-state index contributed by atoms with van der Waals surface area (Å²) in [5, 5.41) is 8.15. The SMILES string of the molecule is Cc1cccc(NC(=O)NCC(=O)NCc2ccc(CN3CC(C)CC(C)C3)cc2)c1. The summed E-state index contributed by atoms with van der Waals surface area (Å²) in [5.74, 6) is 1.29. The third-order valence-corrected chi connectivity index (χ3v) is 5.55. The highest BCUT2D eigenvalue weighted by Gasteiger charge is 2.21. The van der Waals surface area contributed by atoms with Crippen LogP contribution in [-0.2, 0) is 17.9 Å². The Morgan fingerprint density at radius 1 is 0.968 bits per heavy atom. The molecule has 0 saturated carbocycles. The molecular formula is C25H34N4O2.